The minimum Gasteiger partial charge on any atom is -0.264 e. The number of nitro groups is 1. The third-order valence-electron chi connectivity index (χ3n) is 3.44. The van der Waals surface area contributed by atoms with Gasteiger partial charge in [0.05, 0.1) is 9.80 Å². The largest absolute Gasteiger partial charge is 0.394 e. The molecule has 0 bridgehead atoms. The van der Waals surface area contributed by atoms with Gasteiger partial charge in [0, 0.05) is 30.4 Å². The molecular formula is C14H17N2O6S3+. The van der Waals surface area contributed by atoms with Gasteiger partial charge in [-0.05, 0) is 24.1 Å². The van der Waals surface area contributed by atoms with E-state index in [1.54, 1.807) is 34.8 Å². The Labute approximate surface area is 152 Å². The lowest BCUT2D eigenvalue weighted by molar-refractivity contribution is -0.384. The quantitative estimate of drug-likeness (QED) is 0.343. The molecule has 0 radical (unpaired) electrons. The van der Waals surface area contributed by atoms with Crippen LogP contribution >= 0.6 is 22.7 Å². The van der Waals surface area contributed by atoms with Gasteiger partial charge in [0.1, 0.15) is 13.1 Å². The molecule has 0 aliphatic carbocycles. The van der Waals surface area contributed by atoms with Gasteiger partial charge >= 0.3 is 14.4 Å². The lowest BCUT2D eigenvalue weighted by atomic mass is 10.2. The molecule has 1 fully saturated rings. The molecule has 0 saturated carbocycles. The second kappa shape index (κ2) is 8.63. The first-order valence-corrected chi connectivity index (χ1v) is 10.4. The van der Waals surface area contributed by atoms with Crippen molar-refractivity contribution in [2.45, 2.75) is 19.3 Å². The van der Waals surface area contributed by atoms with Crippen LogP contribution in [0, 0.1) is 10.1 Å². The van der Waals surface area contributed by atoms with E-state index < -0.39 is 10.4 Å². The molecular weight excluding hydrogens is 388 g/mol. The zero-order chi connectivity index (χ0) is 18.4. The van der Waals surface area contributed by atoms with Crippen LogP contribution in [0.15, 0.2) is 29.6 Å². The van der Waals surface area contributed by atoms with Gasteiger partial charge in [-0.1, -0.05) is 22.7 Å². The van der Waals surface area contributed by atoms with Gasteiger partial charge < -0.3 is 0 Å². The summed E-state index contributed by atoms with van der Waals surface area (Å²) in [5, 5.41) is 12.8. The summed E-state index contributed by atoms with van der Waals surface area (Å²) in [5.41, 5.74) is 1.20. The van der Waals surface area contributed by atoms with Gasteiger partial charge in [-0.3, -0.25) is 19.2 Å². The van der Waals surface area contributed by atoms with Crippen LogP contribution in [0.5, 0.6) is 0 Å². The number of nitrogens with zero attached hydrogens (tertiary/aromatic N) is 2. The third kappa shape index (κ3) is 6.63. The molecule has 1 saturated heterocycles. The Balaban J connectivity index is 0.000000399. The maximum atomic E-state index is 10.7. The van der Waals surface area contributed by atoms with Gasteiger partial charge in [-0.25, -0.2) is 4.58 Å². The monoisotopic (exact) mass is 405 g/mol. The van der Waals surface area contributed by atoms with Crippen molar-refractivity contribution in [1.29, 1.82) is 0 Å². The maximum absolute atomic E-state index is 10.7. The van der Waals surface area contributed by atoms with Crippen LogP contribution in [-0.2, 0) is 10.4 Å². The van der Waals surface area contributed by atoms with Crippen LogP contribution in [0.1, 0.15) is 19.3 Å². The Morgan fingerprint density at radius 1 is 1.08 bits per heavy atom. The first-order valence-electron chi connectivity index (χ1n) is 7.35. The molecule has 25 heavy (non-hydrogen) atoms. The average Bonchev–Trinajstić information content (AvgIpc) is 3.04. The van der Waals surface area contributed by atoms with Crippen LogP contribution in [0.4, 0.5) is 5.69 Å². The van der Waals surface area contributed by atoms with Crippen molar-refractivity contribution in [2.24, 2.45) is 0 Å². The van der Waals surface area contributed by atoms with Crippen molar-refractivity contribution in [3.8, 4) is 10.4 Å². The number of benzene rings is 1. The smallest absolute Gasteiger partial charge is 0.264 e. The number of piperidine rings is 1. The van der Waals surface area contributed by atoms with Gasteiger partial charge in [-0.15, -0.1) is 0 Å². The summed E-state index contributed by atoms with van der Waals surface area (Å²) in [7, 11) is -4.67. The second-order valence-electron chi connectivity index (χ2n) is 5.27. The Morgan fingerprint density at radius 2 is 1.64 bits per heavy atom. The molecule has 1 aliphatic heterocycles. The number of rotatable bonds is 2. The zero-order valence-corrected chi connectivity index (χ0v) is 15.5. The van der Waals surface area contributed by atoms with Crippen LogP contribution in [-0.4, -0.2) is 35.5 Å². The van der Waals surface area contributed by atoms with Crippen LogP contribution in [0.3, 0.4) is 0 Å². The molecule has 136 valence electrons. The van der Waals surface area contributed by atoms with Gasteiger partial charge in [0.25, 0.3) is 5.69 Å². The fraction of sp³-hybridized carbons (Fsp3) is 0.357. The summed E-state index contributed by atoms with van der Waals surface area (Å²) in [4.78, 5) is 11.5. The molecule has 2 aromatic rings. The van der Waals surface area contributed by atoms with Gasteiger partial charge in [-0.2, -0.15) is 8.42 Å². The number of hydrogen-bond acceptors (Lipinski definition) is 6. The normalized spacial score (nSPS) is 14.6. The van der Waals surface area contributed by atoms with Crippen molar-refractivity contribution in [3.63, 3.8) is 0 Å². The van der Waals surface area contributed by atoms with Crippen molar-refractivity contribution in [1.82, 2.24) is 4.58 Å². The highest BCUT2D eigenvalue weighted by Gasteiger charge is 2.14. The number of non-ortho nitro benzene ring substituents is 1. The van der Waals surface area contributed by atoms with Crippen molar-refractivity contribution < 1.29 is 22.4 Å². The molecule has 0 spiro atoms. The summed E-state index contributed by atoms with van der Waals surface area (Å²) in [6.45, 7) is 2.30. The molecule has 8 nitrogen and oxygen atoms in total. The minimum absolute atomic E-state index is 0.144. The number of hydrogen-bond donors (Lipinski definition) is 2. The van der Waals surface area contributed by atoms with Crippen LogP contribution in [0.25, 0.3) is 10.4 Å². The van der Waals surface area contributed by atoms with Crippen molar-refractivity contribution in [3.05, 3.63) is 43.7 Å². The zero-order valence-electron chi connectivity index (χ0n) is 13.1. The van der Waals surface area contributed by atoms with E-state index in [9.17, 15) is 10.1 Å². The molecule has 0 amide bonds. The van der Waals surface area contributed by atoms with Gasteiger partial charge in [0.2, 0.25) is 0 Å². The van der Waals surface area contributed by atoms with Crippen molar-refractivity contribution in [2.75, 3.05) is 13.1 Å². The molecule has 1 aromatic heterocycles. The molecule has 2 heterocycles. The Morgan fingerprint density at radius 3 is 2.16 bits per heavy atom. The van der Waals surface area contributed by atoms with E-state index in [1.807, 2.05) is 12.1 Å². The van der Waals surface area contributed by atoms with E-state index in [0.717, 1.165) is 18.7 Å². The average molecular weight is 405 g/mol. The lowest BCUT2D eigenvalue weighted by Gasteiger charge is -2.07. The molecule has 2 N–H and O–H groups in total. The molecule has 0 atom stereocenters. The van der Waals surface area contributed by atoms with Crippen LogP contribution < -0.4 is 8.56 Å². The molecule has 0 unspecified atom stereocenters. The van der Waals surface area contributed by atoms with Crippen molar-refractivity contribution >= 4 is 38.8 Å². The van der Waals surface area contributed by atoms with Gasteiger partial charge in [0.15, 0.2) is 0 Å². The Hall–Kier alpha value is -1.66. The van der Waals surface area contributed by atoms with E-state index in [4.69, 9.17) is 17.5 Å². The predicted octanol–water partition coefficient (Wildman–Crippen LogP) is 2.69. The highest BCUT2D eigenvalue weighted by atomic mass is 32.3. The summed E-state index contributed by atoms with van der Waals surface area (Å²) >= 11 is 3.55. The van der Waals surface area contributed by atoms with E-state index >= 15 is 0 Å². The maximum Gasteiger partial charge on any atom is 0.394 e. The summed E-state index contributed by atoms with van der Waals surface area (Å²) < 4.78 is 35.4. The highest BCUT2D eigenvalue weighted by molar-refractivity contribution is 7.79. The van der Waals surface area contributed by atoms with E-state index in [0.29, 0.717) is 0 Å². The fourth-order valence-electron chi connectivity index (χ4n) is 2.34. The molecule has 3 rings (SSSR count). The SMILES string of the molecule is O=S(=O)(O)O.O=[N+]([O-])c1ccc(-c2csc(=[N+]3CCCCC3)s2)cc1. The highest BCUT2D eigenvalue weighted by Crippen LogP contribution is 2.25. The third-order valence-corrected chi connectivity index (χ3v) is 5.95. The fourth-order valence-corrected chi connectivity index (χ4v) is 4.71. The predicted molar refractivity (Wildman–Crippen MR) is 97.3 cm³/mol. The summed E-state index contributed by atoms with van der Waals surface area (Å²) in [5.74, 6) is 0. The molecule has 11 heteroatoms. The Bertz CT molecular complexity index is 883. The lowest BCUT2D eigenvalue weighted by Crippen LogP contribution is -2.31. The molecule has 1 aliphatic rings. The molecule has 1 aromatic carbocycles. The summed E-state index contributed by atoms with van der Waals surface area (Å²) in [6, 6.07) is 6.80. The van der Waals surface area contributed by atoms with E-state index in [1.165, 1.54) is 28.1 Å². The van der Waals surface area contributed by atoms with Crippen LogP contribution in [0.2, 0.25) is 0 Å². The standard InChI is InChI=1S/C14H15N2O2S2.H2O4S/c17-16(18)12-6-4-11(5-7-12)13-10-19-14(20-13)15-8-2-1-3-9-15;1-5(2,3)4/h4-7,10H,1-3,8-9H2;(H2,1,2,3,4)/q+1;. The first kappa shape index (κ1) is 19.7. The van der Waals surface area contributed by atoms with E-state index in [-0.39, 0.29) is 10.6 Å². The number of nitro benzene ring substituents is 1. The first-order chi connectivity index (χ1) is 11.7. The topological polar surface area (TPSA) is 121 Å². The van der Waals surface area contributed by atoms with E-state index in [2.05, 4.69) is 9.96 Å². The Kier molecular flexibility index (Phi) is 6.79. The second-order valence-corrected chi connectivity index (χ2v) is 8.31. The summed E-state index contributed by atoms with van der Waals surface area (Å²) in [6.07, 6.45) is 3.89. The minimum atomic E-state index is -4.67.